The first-order chi connectivity index (χ1) is 10.2. The van der Waals surface area contributed by atoms with Crippen molar-refractivity contribution in [1.29, 1.82) is 0 Å². The Morgan fingerprint density at radius 2 is 1.81 bits per heavy atom. The number of methoxy groups -OCH3 is 1. The fourth-order valence-corrected chi connectivity index (χ4v) is 1.94. The van der Waals surface area contributed by atoms with Gasteiger partial charge in [-0.05, 0) is 43.2 Å². The Kier molecular flexibility index (Phi) is 5.50. The van der Waals surface area contributed by atoms with Gasteiger partial charge in [0.2, 0.25) is 0 Å². The van der Waals surface area contributed by atoms with Gasteiger partial charge in [0.05, 0.1) is 13.2 Å². The standard InChI is InChI=1S/C18H23NO2/c1-4-14(2)21-18-7-5-6-16(12-18)19-13-15-8-10-17(20-3)11-9-15/h5-12,14,19H,4,13H2,1-3H3. The smallest absolute Gasteiger partial charge is 0.121 e. The molecule has 2 aromatic rings. The van der Waals surface area contributed by atoms with Crippen molar-refractivity contribution in [2.75, 3.05) is 12.4 Å². The van der Waals surface area contributed by atoms with Gasteiger partial charge in [0.1, 0.15) is 11.5 Å². The lowest BCUT2D eigenvalue weighted by Gasteiger charge is -2.14. The van der Waals surface area contributed by atoms with Crippen LogP contribution >= 0.6 is 0 Å². The van der Waals surface area contributed by atoms with Gasteiger partial charge in [-0.2, -0.15) is 0 Å². The normalized spacial score (nSPS) is 11.8. The molecule has 0 aliphatic carbocycles. The number of anilines is 1. The molecule has 1 unspecified atom stereocenters. The van der Waals surface area contributed by atoms with Gasteiger partial charge in [-0.3, -0.25) is 0 Å². The van der Waals surface area contributed by atoms with Gasteiger partial charge in [0.15, 0.2) is 0 Å². The van der Waals surface area contributed by atoms with Crippen molar-refractivity contribution in [3.8, 4) is 11.5 Å². The van der Waals surface area contributed by atoms with Gasteiger partial charge in [0, 0.05) is 18.3 Å². The van der Waals surface area contributed by atoms with E-state index in [-0.39, 0.29) is 6.10 Å². The predicted octanol–water partition coefficient (Wildman–Crippen LogP) is 4.48. The van der Waals surface area contributed by atoms with E-state index in [1.807, 2.05) is 36.4 Å². The second-order valence-electron chi connectivity index (χ2n) is 5.07. The van der Waals surface area contributed by atoms with Crippen LogP contribution in [0.5, 0.6) is 11.5 Å². The quantitative estimate of drug-likeness (QED) is 0.813. The molecular formula is C18H23NO2. The third kappa shape index (κ3) is 4.71. The van der Waals surface area contributed by atoms with Gasteiger partial charge in [-0.1, -0.05) is 25.1 Å². The van der Waals surface area contributed by atoms with Gasteiger partial charge in [0.25, 0.3) is 0 Å². The van der Waals surface area contributed by atoms with E-state index < -0.39 is 0 Å². The van der Waals surface area contributed by atoms with Crippen LogP contribution < -0.4 is 14.8 Å². The Balaban J connectivity index is 1.94. The zero-order valence-electron chi connectivity index (χ0n) is 12.9. The Morgan fingerprint density at radius 1 is 1.05 bits per heavy atom. The van der Waals surface area contributed by atoms with Crippen LogP contribution in [0.15, 0.2) is 48.5 Å². The topological polar surface area (TPSA) is 30.5 Å². The summed E-state index contributed by atoms with van der Waals surface area (Å²) in [5, 5.41) is 3.41. The predicted molar refractivity (Wildman–Crippen MR) is 87.1 cm³/mol. The van der Waals surface area contributed by atoms with Crippen molar-refractivity contribution in [2.24, 2.45) is 0 Å². The van der Waals surface area contributed by atoms with Gasteiger partial charge in [-0.15, -0.1) is 0 Å². The highest BCUT2D eigenvalue weighted by molar-refractivity contribution is 5.48. The summed E-state index contributed by atoms with van der Waals surface area (Å²) in [4.78, 5) is 0. The number of hydrogen-bond donors (Lipinski definition) is 1. The molecule has 3 heteroatoms. The lowest BCUT2D eigenvalue weighted by atomic mass is 10.2. The van der Waals surface area contributed by atoms with Crippen molar-refractivity contribution < 1.29 is 9.47 Å². The van der Waals surface area contributed by atoms with Crippen molar-refractivity contribution in [2.45, 2.75) is 32.9 Å². The average Bonchev–Trinajstić information content (AvgIpc) is 2.53. The van der Waals surface area contributed by atoms with Crippen LogP contribution in [0.4, 0.5) is 5.69 Å². The fraction of sp³-hybridized carbons (Fsp3) is 0.333. The van der Waals surface area contributed by atoms with Crippen LogP contribution in [0.25, 0.3) is 0 Å². The molecule has 0 saturated carbocycles. The second kappa shape index (κ2) is 7.58. The molecular weight excluding hydrogens is 262 g/mol. The highest BCUT2D eigenvalue weighted by Gasteiger charge is 2.02. The molecule has 112 valence electrons. The summed E-state index contributed by atoms with van der Waals surface area (Å²) in [5.74, 6) is 1.78. The van der Waals surface area contributed by atoms with Gasteiger partial charge < -0.3 is 14.8 Å². The number of benzene rings is 2. The maximum Gasteiger partial charge on any atom is 0.121 e. The Labute approximate surface area is 126 Å². The van der Waals surface area contributed by atoms with Gasteiger partial charge >= 0.3 is 0 Å². The summed E-state index contributed by atoms with van der Waals surface area (Å²) in [5.41, 5.74) is 2.27. The minimum atomic E-state index is 0.238. The molecule has 1 atom stereocenters. The van der Waals surface area contributed by atoms with Crippen LogP contribution in [0.2, 0.25) is 0 Å². The van der Waals surface area contributed by atoms with E-state index in [2.05, 4.69) is 31.3 Å². The summed E-state index contributed by atoms with van der Waals surface area (Å²) < 4.78 is 11.0. The maximum absolute atomic E-state index is 5.83. The lowest BCUT2D eigenvalue weighted by Crippen LogP contribution is -2.09. The molecule has 0 bridgehead atoms. The molecule has 2 aromatic carbocycles. The lowest BCUT2D eigenvalue weighted by molar-refractivity contribution is 0.217. The Hall–Kier alpha value is -2.16. The van der Waals surface area contributed by atoms with Crippen molar-refractivity contribution >= 4 is 5.69 Å². The van der Waals surface area contributed by atoms with Crippen LogP contribution in [0.3, 0.4) is 0 Å². The SMILES string of the molecule is CCC(C)Oc1cccc(NCc2ccc(OC)cc2)c1. The molecule has 0 saturated heterocycles. The molecule has 0 amide bonds. The third-order valence-corrected chi connectivity index (χ3v) is 3.40. The fourth-order valence-electron chi connectivity index (χ4n) is 1.94. The molecule has 0 spiro atoms. The first-order valence-electron chi connectivity index (χ1n) is 7.34. The summed E-state index contributed by atoms with van der Waals surface area (Å²) in [7, 11) is 1.68. The van der Waals surface area contributed by atoms with E-state index in [9.17, 15) is 0 Å². The zero-order chi connectivity index (χ0) is 15.1. The monoisotopic (exact) mass is 285 g/mol. The van der Waals surface area contributed by atoms with E-state index >= 15 is 0 Å². The minimum Gasteiger partial charge on any atom is -0.497 e. The molecule has 0 aromatic heterocycles. The van der Waals surface area contributed by atoms with Crippen LogP contribution in [-0.4, -0.2) is 13.2 Å². The highest BCUT2D eigenvalue weighted by Crippen LogP contribution is 2.20. The van der Waals surface area contributed by atoms with Crippen LogP contribution in [-0.2, 0) is 6.54 Å². The molecule has 0 aliphatic heterocycles. The second-order valence-corrected chi connectivity index (χ2v) is 5.07. The summed E-state index contributed by atoms with van der Waals surface area (Å²) in [6.45, 7) is 4.98. The number of rotatable bonds is 7. The largest absolute Gasteiger partial charge is 0.497 e. The summed E-state index contributed by atoms with van der Waals surface area (Å²) >= 11 is 0. The molecule has 0 aliphatic rings. The van der Waals surface area contributed by atoms with E-state index in [1.165, 1.54) is 5.56 Å². The highest BCUT2D eigenvalue weighted by atomic mass is 16.5. The van der Waals surface area contributed by atoms with E-state index in [4.69, 9.17) is 9.47 Å². The Morgan fingerprint density at radius 3 is 2.48 bits per heavy atom. The maximum atomic E-state index is 5.83. The van der Waals surface area contributed by atoms with E-state index in [0.717, 1.165) is 30.2 Å². The zero-order valence-corrected chi connectivity index (χ0v) is 12.9. The molecule has 2 rings (SSSR count). The molecule has 21 heavy (non-hydrogen) atoms. The Bertz CT molecular complexity index is 551. The average molecular weight is 285 g/mol. The summed E-state index contributed by atoms with van der Waals surface area (Å²) in [6.07, 6.45) is 1.24. The molecule has 0 radical (unpaired) electrons. The molecule has 3 nitrogen and oxygen atoms in total. The first kappa shape index (κ1) is 15.2. The number of ether oxygens (including phenoxy) is 2. The molecule has 0 heterocycles. The first-order valence-corrected chi connectivity index (χ1v) is 7.34. The van der Waals surface area contributed by atoms with Crippen LogP contribution in [0, 0.1) is 0 Å². The minimum absolute atomic E-state index is 0.238. The number of hydrogen-bond acceptors (Lipinski definition) is 3. The number of nitrogens with one attached hydrogen (secondary N) is 1. The van der Waals surface area contributed by atoms with Gasteiger partial charge in [-0.25, -0.2) is 0 Å². The van der Waals surface area contributed by atoms with Crippen molar-refractivity contribution in [3.63, 3.8) is 0 Å². The van der Waals surface area contributed by atoms with Crippen LogP contribution in [0.1, 0.15) is 25.8 Å². The van der Waals surface area contributed by atoms with E-state index in [0.29, 0.717) is 0 Å². The van der Waals surface area contributed by atoms with E-state index in [1.54, 1.807) is 7.11 Å². The van der Waals surface area contributed by atoms with Crippen molar-refractivity contribution in [1.82, 2.24) is 0 Å². The third-order valence-electron chi connectivity index (χ3n) is 3.40. The molecule has 0 fully saturated rings. The summed E-state index contributed by atoms with van der Waals surface area (Å²) in [6, 6.07) is 16.1. The molecule has 1 N–H and O–H groups in total. The van der Waals surface area contributed by atoms with Crippen molar-refractivity contribution in [3.05, 3.63) is 54.1 Å².